The maximum Gasteiger partial charge on any atom is 0.282 e. The molecule has 0 atom stereocenters. The van der Waals surface area contributed by atoms with E-state index in [1.807, 2.05) is 45.0 Å². The summed E-state index contributed by atoms with van der Waals surface area (Å²) in [4.78, 5) is 30.4. The fourth-order valence-corrected chi connectivity index (χ4v) is 6.01. The van der Waals surface area contributed by atoms with Crippen molar-refractivity contribution in [3.05, 3.63) is 93.8 Å². The fourth-order valence-electron chi connectivity index (χ4n) is 3.53. The molecular formula is C27H22BrFI2N4O3. The minimum absolute atomic E-state index is 0.209. The number of fused-ring (bicyclic) bond motifs is 1. The van der Waals surface area contributed by atoms with E-state index in [9.17, 15) is 14.0 Å². The Balaban J connectivity index is 1.58. The van der Waals surface area contributed by atoms with Crippen LogP contribution in [0.25, 0.3) is 10.9 Å². The molecule has 0 saturated carbocycles. The van der Waals surface area contributed by atoms with Crippen molar-refractivity contribution < 1.29 is 13.9 Å². The van der Waals surface area contributed by atoms with E-state index in [2.05, 4.69) is 71.5 Å². The Kier molecular flexibility index (Phi) is 8.87. The molecule has 196 valence electrons. The first kappa shape index (κ1) is 28.6. The summed E-state index contributed by atoms with van der Waals surface area (Å²) in [6.07, 6.45) is 1.61. The second-order valence-electron chi connectivity index (χ2n) is 9.37. The number of amides is 1. The van der Waals surface area contributed by atoms with Crippen molar-refractivity contribution in [1.82, 2.24) is 9.66 Å². The van der Waals surface area contributed by atoms with E-state index in [0.29, 0.717) is 28.2 Å². The van der Waals surface area contributed by atoms with Gasteiger partial charge in [-0.05, 0) is 105 Å². The number of carbonyl (C=O) groups is 1. The van der Waals surface area contributed by atoms with Gasteiger partial charge in [0.15, 0.2) is 6.61 Å². The summed E-state index contributed by atoms with van der Waals surface area (Å²) >= 11 is 7.68. The molecule has 0 bridgehead atoms. The monoisotopic (exact) mass is 802 g/mol. The van der Waals surface area contributed by atoms with Crippen LogP contribution in [0.1, 0.15) is 32.2 Å². The zero-order valence-corrected chi connectivity index (χ0v) is 26.5. The maximum atomic E-state index is 13.4. The average molecular weight is 803 g/mol. The summed E-state index contributed by atoms with van der Waals surface area (Å²) in [6, 6.07) is 14.6. The number of rotatable bonds is 6. The van der Waals surface area contributed by atoms with Crippen LogP contribution in [-0.2, 0) is 10.2 Å². The maximum absolute atomic E-state index is 13.4. The Bertz CT molecular complexity index is 1590. The number of anilines is 1. The van der Waals surface area contributed by atoms with Crippen molar-refractivity contribution in [2.24, 2.45) is 5.10 Å². The molecule has 4 aromatic rings. The van der Waals surface area contributed by atoms with Gasteiger partial charge in [0, 0.05) is 15.6 Å². The van der Waals surface area contributed by atoms with E-state index in [1.165, 1.54) is 28.9 Å². The third-order valence-corrected chi connectivity index (χ3v) is 7.39. The van der Waals surface area contributed by atoms with Gasteiger partial charge >= 0.3 is 0 Å². The fraction of sp³-hybridized carbons (Fsp3) is 0.185. The van der Waals surface area contributed by atoms with Crippen LogP contribution in [0.15, 0.2) is 69.0 Å². The smallest absolute Gasteiger partial charge is 0.282 e. The molecule has 0 saturated heterocycles. The molecule has 1 amide bonds. The third-order valence-electron chi connectivity index (χ3n) is 5.30. The topological polar surface area (TPSA) is 85.6 Å². The molecule has 7 nitrogen and oxygen atoms in total. The summed E-state index contributed by atoms with van der Waals surface area (Å²) in [7, 11) is 0. The second kappa shape index (κ2) is 11.8. The number of halogens is 4. The number of hydrogen-bond acceptors (Lipinski definition) is 5. The Morgan fingerprint density at radius 3 is 2.42 bits per heavy atom. The van der Waals surface area contributed by atoms with E-state index in [0.717, 1.165) is 17.2 Å². The summed E-state index contributed by atoms with van der Waals surface area (Å²) in [5, 5.41) is 7.66. The molecule has 1 heterocycles. The van der Waals surface area contributed by atoms with E-state index in [4.69, 9.17) is 9.72 Å². The number of aromatic nitrogens is 2. The number of benzene rings is 3. The number of nitrogens with zero attached hydrogens (tertiary/aromatic N) is 3. The van der Waals surface area contributed by atoms with Crippen LogP contribution in [-0.4, -0.2) is 28.4 Å². The highest BCUT2D eigenvalue weighted by atomic mass is 127. The van der Waals surface area contributed by atoms with Crippen LogP contribution in [0.3, 0.4) is 0 Å². The summed E-state index contributed by atoms with van der Waals surface area (Å²) < 4.78 is 22.5. The predicted octanol–water partition coefficient (Wildman–Crippen LogP) is 6.70. The zero-order chi connectivity index (χ0) is 27.6. The zero-order valence-electron chi connectivity index (χ0n) is 20.6. The number of hydrogen-bond donors (Lipinski definition) is 1. The lowest BCUT2D eigenvalue weighted by Gasteiger charge is -2.21. The highest BCUT2D eigenvalue weighted by Crippen LogP contribution is 2.29. The second-order valence-corrected chi connectivity index (χ2v) is 12.6. The molecule has 0 aliphatic rings. The molecule has 0 unspecified atom stereocenters. The molecule has 0 fully saturated rings. The number of carbonyl (C=O) groups excluding carboxylic acids is 1. The van der Waals surface area contributed by atoms with Gasteiger partial charge in [-0.25, -0.2) is 9.37 Å². The van der Waals surface area contributed by atoms with Crippen LogP contribution in [0.4, 0.5) is 10.1 Å². The van der Waals surface area contributed by atoms with Gasteiger partial charge in [-0.2, -0.15) is 9.78 Å². The Morgan fingerprint density at radius 1 is 1.13 bits per heavy atom. The first-order valence-electron chi connectivity index (χ1n) is 11.4. The first-order chi connectivity index (χ1) is 17.9. The van der Waals surface area contributed by atoms with Crippen molar-refractivity contribution in [2.45, 2.75) is 26.2 Å². The quantitative estimate of drug-likeness (QED) is 0.174. The molecule has 38 heavy (non-hydrogen) atoms. The Labute approximate surface area is 254 Å². The molecule has 3 aromatic carbocycles. The Hall–Kier alpha value is -2.39. The summed E-state index contributed by atoms with van der Waals surface area (Å²) in [5.74, 6) is 0.363. The molecule has 11 heteroatoms. The predicted molar refractivity (Wildman–Crippen MR) is 168 cm³/mol. The first-order valence-corrected chi connectivity index (χ1v) is 14.3. The van der Waals surface area contributed by atoms with Crippen LogP contribution in [0.2, 0.25) is 0 Å². The van der Waals surface area contributed by atoms with Gasteiger partial charge in [0.05, 0.1) is 24.3 Å². The molecule has 0 spiro atoms. The highest BCUT2D eigenvalue weighted by molar-refractivity contribution is 14.1. The van der Waals surface area contributed by atoms with Crippen molar-refractivity contribution in [3.63, 3.8) is 0 Å². The standard InChI is InChI=1S/C27H22BrFI2N4O3/c1-27(2,3)26-34-22-9-4-16(28)12-19(22)25(37)35(26)32-13-15-10-20(30)24(21(31)11-15)38-14-23(36)33-18-7-5-17(29)6-8-18/h4-13H,14H2,1-3H3,(H,33,36). The van der Waals surface area contributed by atoms with Crippen LogP contribution >= 0.6 is 61.1 Å². The average Bonchev–Trinajstić information content (AvgIpc) is 2.84. The number of nitrogens with one attached hydrogen (secondary N) is 1. The summed E-state index contributed by atoms with van der Waals surface area (Å²) in [6.45, 7) is 5.74. The molecular weight excluding hydrogens is 781 g/mol. The van der Waals surface area contributed by atoms with Gasteiger partial charge in [0.25, 0.3) is 11.5 Å². The lowest BCUT2D eigenvalue weighted by atomic mass is 9.95. The van der Waals surface area contributed by atoms with Gasteiger partial charge in [0.1, 0.15) is 17.4 Å². The van der Waals surface area contributed by atoms with E-state index in [1.54, 1.807) is 12.3 Å². The largest absolute Gasteiger partial charge is 0.482 e. The van der Waals surface area contributed by atoms with E-state index < -0.39 is 5.41 Å². The van der Waals surface area contributed by atoms with Crippen molar-refractivity contribution in [3.8, 4) is 5.75 Å². The van der Waals surface area contributed by atoms with Crippen LogP contribution in [0.5, 0.6) is 5.75 Å². The third kappa shape index (κ3) is 6.78. The minimum atomic E-state index is -0.424. The summed E-state index contributed by atoms with van der Waals surface area (Å²) in [5.41, 5.74) is 1.17. The SMILES string of the molecule is CC(C)(C)c1nc2ccc(Br)cc2c(=O)n1N=Cc1cc(I)c(OCC(=O)Nc2ccc(F)cc2)c(I)c1. The van der Waals surface area contributed by atoms with Crippen LogP contribution < -0.4 is 15.6 Å². The lowest BCUT2D eigenvalue weighted by Crippen LogP contribution is -2.29. The molecule has 1 aromatic heterocycles. The van der Waals surface area contributed by atoms with Gasteiger partial charge in [-0.15, -0.1) is 0 Å². The van der Waals surface area contributed by atoms with Gasteiger partial charge < -0.3 is 10.1 Å². The van der Waals surface area contributed by atoms with Crippen LogP contribution in [0, 0.1) is 13.0 Å². The van der Waals surface area contributed by atoms with Gasteiger partial charge in [-0.1, -0.05) is 36.7 Å². The molecule has 4 rings (SSSR count). The number of ether oxygens (including phenoxy) is 1. The lowest BCUT2D eigenvalue weighted by molar-refractivity contribution is -0.118. The van der Waals surface area contributed by atoms with E-state index in [-0.39, 0.29) is 23.9 Å². The van der Waals surface area contributed by atoms with Crippen molar-refractivity contribution in [1.29, 1.82) is 0 Å². The minimum Gasteiger partial charge on any atom is -0.482 e. The van der Waals surface area contributed by atoms with E-state index >= 15 is 0 Å². The molecule has 0 aliphatic carbocycles. The highest BCUT2D eigenvalue weighted by Gasteiger charge is 2.23. The van der Waals surface area contributed by atoms with Gasteiger partial charge in [-0.3, -0.25) is 9.59 Å². The van der Waals surface area contributed by atoms with Crippen molar-refractivity contribution >= 4 is 89.8 Å². The molecule has 0 aliphatic heterocycles. The normalized spacial score (nSPS) is 11.8. The Morgan fingerprint density at radius 2 is 1.79 bits per heavy atom. The molecule has 0 radical (unpaired) electrons. The molecule has 1 N–H and O–H groups in total. The van der Waals surface area contributed by atoms with Crippen molar-refractivity contribution in [2.75, 3.05) is 11.9 Å². The van der Waals surface area contributed by atoms with Gasteiger partial charge in [0.2, 0.25) is 0 Å².